The third-order valence-corrected chi connectivity index (χ3v) is 4.89. The van der Waals surface area contributed by atoms with Gasteiger partial charge in [0, 0.05) is 56.5 Å². The summed E-state index contributed by atoms with van der Waals surface area (Å²) in [4.78, 5) is 15.9. The molecule has 2 aliphatic heterocycles. The minimum atomic E-state index is 0.433. The van der Waals surface area contributed by atoms with E-state index < -0.39 is 0 Å². The molecule has 4 rings (SSSR count). The van der Waals surface area contributed by atoms with E-state index in [-0.39, 0.29) is 0 Å². The van der Waals surface area contributed by atoms with Crippen molar-refractivity contribution in [1.29, 1.82) is 0 Å². The molecule has 0 aromatic carbocycles. The number of hydrogen-bond donors (Lipinski definition) is 1. The second kappa shape index (κ2) is 6.84. The fourth-order valence-corrected chi connectivity index (χ4v) is 3.46. The standard InChI is InChI=1S/C17H25N7/c1-2-15-21-16-6-5-14(12-24(16)22-15)18-9-13-10-19-17(20-11-13)23-7-3-4-8-23/h10-11,14,18H,2-9,12H2,1H3/t14-/m0/s1. The van der Waals surface area contributed by atoms with Crippen LogP contribution in [0.2, 0.25) is 0 Å². The van der Waals surface area contributed by atoms with Crippen molar-refractivity contribution in [1.82, 2.24) is 30.0 Å². The van der Waals surface area contributed by atoms with Gasteiger partial charge in [-0.05, 0) is 19.3 Å². The number of fused-ring (bicyclic) bond motifs is 1. The Kier molecular flexibility index (Phi) is 4.42. The van der Waals surface area contributed by atoms with Gasteiger partial charge in [0.1, 0.15) is 5.82 Å². The van der Waals surface area contributed by atoms with Gasteiger partial charge < -0.3 is 10.2 Å². The first-order valence-electron chi connectivity index (χ1n) is 9.03. The first-order valence-corrected chi connectivity index (χ1v) is 9.03. The predicted molar refractivity (Wildman–Crippen MR) is 91.8 cm³/mol. The lowest BCUT2D eigenvalue weighted by Crippen LogP contribution is -2.37. The minimum absolute atomic E-state index is 0.433. The van der Waals surface area contributed by atoms with Crippen molar-refractivity contribution in [2.75, 3.05) is 18.0 Å². The second-order valence-corrected chi connectivity index (χ2v) is 6.68. The summed E-state index contributed by atoms with van der Waals surface area (Å²) in [6.07, 6.45) is 9.40. The van der Waals surface area contributed by atoms with Gasteiger partial charge in [0.15, 0.2) is 5.82 Å². The molecule has 0 saturated carbocycles. The van der Waals surface area contributed by atoms with Crippen LogP contribution in [0.1, 0.15) is 43.4 Å². The highest BCUT2D eigenvalue weighted by atomic mass is 15.4. The molecule has 2 aromatic rings. The Balaban J connectivity index is 1.32. The van der Waals surface area contributed by atoms with E-state index in [2.05, 4.69) is 41.9 Å². The molecule has 1 N–H and O–H groups in total. The topological polar surface area (TPSA) is 71.8 Å². The number of nitrogens with one attached hydrogen (secondary N) is 1. The van der Waals surface area contributed by atoms with Crippen molar-refractivity contribution in [3.8, 4) is 0 Å². The fourth-order valence-electron chi connectivity index (χ4n) is 3.46. The lowest BCUT2D eigenvalue weighted by Gasteiger charge is -2.23. The summed E-state index contributed by atoms with van der Waals surface area (Å²) in [6, 6.07) is 0.433. The first kappa shape index (κ1) is 15.5. The number of anilines is 1. The van der Waals surface area contributed by atoms with Crippen LogP contribution in [-0.2, 0) is 25.9 Å². The minimum Gasteiger partial charge on any atom is -0.341 e. The maximum absolute atomic E-state index is 4.57. The maximum Gasteiger partial charge on any atom is 0.225 e. The SMILES string of the molecule is CCc1nc2n(n1)C[C@@H](NCc1cnc(N3CCCC3)nc1)CC2. The molecule has 0 bridgehead atoms. The lowest BCUT2D eigenvalue weighted by molar-refractivity contribution is 0.357. The lowest BCUT2D eigenvalue weighted by atomic mass is 10.1. The van der Waals surface area contributed by atoms with Gasteiger partial charge in [0.05, 0.1) is 6.54 Å². The van der Waals surface area contributed by atoms with Crippen LogP contribution in [0.3, 0.4) is 0 Å². The molecular weight excluding hydrogens is 302 g/mol. The Bertz CT molecular complexity index is 673. The molecule has 0 unspecified atom stereocenters. The van der Waals surface area contributed by atoms with Crippen LogP contribution in [0.5, 0.6) is 0 Å². The van der Waals surface area contributed by atoms with Gasteiger partial charge in [-0.1, -0.05) is 6.92 Å². The molecule has 128 valence electrons. The van der Waals surface area contributed by atoms with Crippen LogP contribution in [0, 0.1) is 0 Å². The van der Waals surface area contributed by atoms with Crippen molar-refractivity contribution < 1.29 is 0 Å². The van der Waals surface area contributed by atoms with Crippen molar-refractivity contribution in [2.24, 2.45) is 0 Å². The van der Waals surface area contributed by atoms with Crippen LogP contribution in [0.25, 0.3) is 0 Å². The van der Waals surface area contributed by atoms with Crippen LogP contribution < -0.4 is 10.2 Å². The van der Waals surface area contributed by atoms with Gasteiger partial charge in [-0.25, -0.2) is 19.6 Å². The fraction of sp³-hybridized carbons (Fsp3) is 0.647. The van der Waals surface area contributed by atoms with E-state index >= 15 is 0 Å². The second-order valence-electron chi connectivity index (χ2n) is 6.68. The summed E-state index contributed by atoms with van der Waals surface area (Å²) in [5.74, 6) is 2.95. The van der Waals surface area contributed by atoms with Gasteiger partial charge in [-0.3, -0.25) is 0 Å². The summed E-state index contributed by atoms with van der Waals surface area (Å²) in [5.41, 5.74) is 1.14. The Morgan fingerprint density at radius 3 is 2.75 bits per heavy atom. The molecule has 2 aromatic heterocycles. The molecule has 1 atom stereocenters. The van der Waals surface area contributed by atoms with E-state index in [4.69, 9.17) is 0 Å². The van der Waals surface area contributed by atoms with Crippen molar-refractivity contribution in [2.45, 2.75) is 58.2 Å². The smallest absolute Gasteiger partial charge is 0.225 e. The summed E-state index contributed by atoms with van der Waals surface area (Å²) in [6.45, 7) is 5.97. The Morgan fingerprint density at radius 1 is 1.21 bits per heavy atom. The normalized spacial score (nSPS) is 20.4. The van der Waals surface area contributed by atoms with Crippen molar-refractivity contribution in [3.63, 3.8) is 0 Å². The first-order chi connectivity index (χ1) is 11.8. The van der Waals surface area contributed by atoms with Gasteiger partial charge in [0.25, 0.3) is 0 Å². The largest absolute Gasteiger partial charge is 0.341 e. The van der Waals surface area contributed by atoms with E-state index in [9.17, 15) is 0 Å². The third-order valence-electron chi connectivity index (χ3n) is 4.89. The summed E-state index contributed by atoms with van der Waals surface area (Å²) in [7, 11) is 0. The molecule has 4 heterocycles. The quantitative estimate of drug-likeness (QED) is 0.893. The number of rotatable bonds is 5. The highest BCUT2D eigenvalue weighted by molar-refractivity contribution is 5.30. The zero-order valence-corrected chi connectivity index (χ0v) is 14.3. The van der Waals surface area contributed by atoms with E-state index in [1.54, 1.807) is 0 Å². The van der Waals surface area contributed by atoms with Gasteiger partial charge >= 0.3 is 0 Å². The van der Waals surface area contributed by atoms with Crippen LogP contribution in [0.4, 0.5) is 5.95 Å². The van der Waals surface area contributed by atoms with Gasteiger partial charge in [0.2, 0.25) is 5.95 Å². The molecule has 0 aliphatic carbocycles. The highest BCUT2D eigenvalue weighted by Crippen LogP contribution is 2.16. The molecule has 7 nitrogen and oxygen atoms in total. The van der Waals surface area contributed by atoms with Crippen LogP contribution in [-0.4, -0.2) is 43.9 Å². The Hall–Kier alpha value is -2.02. The van der Waals surface area contributed by atoms with Crippen molar-refractivity contribution in [3.05, 3.63) is 29.6 Å². The number of aromatic nitrogens is 5. The Morgan fingerprint density at radius 2 is 2.00 bits per heavy atom. The molecule has 2 aliphatic rings. The zero-order chi connectivity index (χ0) is 16.4. The summed E-state index contributed by atoms with van der Waals surface area (Å²) < 4.78 is 2.06. The molecule has 0 spiro atoms. The zero-order valence-electron chi connectivity index (χ0n) is 14.3. The van der Waals surface area contributed by atoms with Crippen molar-refractivity contribution >= 4 is 5.95 Å². The summed E-state index contributed by atoms with van der Waals surface area (Å²) >= 11 is 0. The number of aryl methyl sites for hydroxylation is 2. The van der Waals surface area contributed by atoms with Crippen LogP contribution in [0.15, 0.2) is 12.4 Å². The van der Waals surface area contributed by atoms with Crippen LogP contribution >= 0.6 is 0 Å². The van der Waals surface area contributed by atoms with E-state index in [1.165, 1.54) is 12.8 Å². The Labute approximate surface area is 142 Å². The number of nitrogens with zero attached hydrogens (tertiary/aromatic N) is 6. The average Bonchev–Trinajstić information content (AvgIpc) is 3.29. The van der Waals surface area contributed by atoms with E-state index in [0.717, 1.165) is 68.6 Å². The molecule has 0 radical (unpaired) electrons. The molecule has 7 heteroatoms. The predicted octanol–water partition coefficient (Wildman–Crippen LogP) is 1.34. The maximum atomic E-state index is 4.57. The molecular formula is C17H25N7. The third kappa shape index (κ3) is 3.26. The average molecular weight is 327 g/mol. The molecule has 1 fully saturated rings. The van der Waals surface area contributed by atoms with E-state index in [1.807, 2.05) is 12.4 Å². The highest BCUT2D eigenvalue weighted by Gasteiger charge is 2.21. The number of hydrogen-bond acceptors (Lipinski definition) is 6. The van der Waals surface area contributed by atoms with Gasteiger partial charge in [-0.15, -0.1) is 0 Å². The van der Waals surface area contributed by atoms with E-state index in [0.29, 0.717) is 6.04 Å². The summed E-state index contributed by atoms with van der Waals surface area (Å²) in [5, 5.41) is 8.18. The van der Waals surface area contributed by atoms with Gasteiger partial charge in [-0.2, -0.15) is 5.10 Å². The molecule has 0 amide bonds. The molecule has 24 heavy (non-hydrogen) atoms. The monoisotopic (exact) mass is 327 g/mol. The molecule has 1 saturated heterocycles.